The van der Waals surface area contributed by atoms with Crippen LogP contribution >= 0.6 is 11.6 Å². The number of fused-ring (bicyclic) bond motifs is 1. The summed E-state index contributed by atoms with van der Waals surface area (Å²) in [6.45, 7) is 7.54. The molecule has 0 aliphatic heterocycles. The summed E-state index contributed by atoms with van der Waals surface area (Å²) in [6.07, 6.45) is 3.59. The molecule has 0 aliphatic carbocycles. The highest BCUT2D eigenvalue weighted by Crippen LogP contribution is 2.19. The van der Waals surface area contributed by atoms with Crippen LogP contribution in [0.5, 0.6) is 5.75 Å². The third-order valence-electron chi connectivity index (χ3n) is 4.84. The number of aryl methyl sites for hydroxylation is 2. The summed E-state index contributed by atoms with van der Waals surface area (Å²) < 4.78 is 8.08. The fourth-order valence-corrected chi connectivity index (χ4v) is 3.38. The lowest BCUT2D eigenvalue weighted by atomic mass is 10.2. The van der Waals surface area contributed by atoms with Crippen molar-refractivity contribution in [2.75, 3.05) is 13.2 Å². The maximum absolute atomic E-state index is 11.6. The highest BCUT2D eigenvalue weighted by Gasteiger charge is 2.10. The third-order valence-corrected chi connectivity index (χ3v) is 5.09. The predicted molar refractivity (Wildman–Crippen MR) is 122 cm³/mol. The van der Waals surface area contributed by atoms with Crippen molar-refractivity contribution in [3.8, 4) is 5.75 Å². The number of nitrogens with zero attached hydrogens (tertiary/aromatic N) is 2. The summed E-state index contributed by atoms with van der Waals surface area (Å²) in [6, 6.07) is 15.6. The van der Waals surface area contributed by atoms with E-state index in [2.05, 4.69) is 22.5 Å². The fourth-order valence-electron chi connectivity index (χ4n) is 3.26. The van der Waals surface area contributed by atoms with Crippen molar-refractivity contribution in [2.24, 2.45) is 0 Å². The number of hydrogen-bond donors (Lipinski definition) is 1. The molecule has 1 heterocycles. The number of unbranched alkanes of at least 4 members (excludes halogenated alkanes) is 1. The Labute approximate surface area is 182 Å². The van der Waals surface area contributed by atoms with Gasteiger partial charge in [0.2, 0.25) is 5.91 Å². The van der Waals surface area contributed by atoms with E-state index >= 15 is 0 Å². The van der Waals surface area contributed by atoms with E-state index in [0.29, 0.717) is 23.7 Å². The molecule has 0 atom stereocenters. The zero-order chi connectivity index (χ0) is 21.3. The molecule has 1 aromatic heterocycles. The minimum Gasteiger partial charge on any atom is -0.494 e. The second-order valence-corrected chi connectivity index (χ2v) is 7.75. The van der Waals surface area contributed by atoms with Gasteiger partial charge in [-0.3, -0.25) is 4.79 Å². The van der Waals surface area contributed by atoms with E-state index in [1.165, 1.54) is 0 Å². The van der Waals surface area contributed by atoms with Crippen LogP contribution in [0.4, 0.5) is 0 Å². The molecule has 0 aliphatic rings. The topological polar surface area (TPSA) is 56.2 Å². The van der Waals surface area contributed by atoms with Crippen LogP contribution in [-0.2, 0) is 17.8 Å². The summed E-state index contributed by atoms with van der Waals surface area (Å²) in [5.41, 5.74) is 2.69. The average Bonchev–Trinajstić information content (AvgIpc) is 3.09. The predicted octanol–water partition coefficient (Wildman–Crippen LogP) is 5.17. The van der Waals surface area contributed by atoms with E-state index in [4.69, 9.17) is 21.3 Å². The molecule has 30 heavy (non-hydrogen) atoms. The van der Waals surface area contributed by atoms with Crippen LogP contribution in [-0.4, -0.2) is 28.6 Å². The first kappa shape index (κ1) is 21.9. The molecule has 3 aromatic rings. The lowest BCUT2D eigenvalue weighted by molar-refractivity contribution is -0.117. The highest BCUT2D eigenvalue weighted by atomic mass is 35.5. The monoisotopic (exact) mass is 425 g/mol. The molecule has 0 fully saturated rings. The molecule has 0 radical (unpaired) electrons. The molecule has 1 N–H and O–H groups in total. The standard InChI is InChI=1S/C24H28ClN3O2/c1-18(2)24(29)26-15-7-10-23-27-21-8-3-4-9-22(21)28(23)16-5-6-17-30-20-13-11-19(25)12-14-20/h3-4,8-9,11-14H,1,5-7,10,15-17H2,2H3,(H,26,29). The number of benzene rings is 2. The quantitative estimate of drug-likeness (QED) is 0.340. The van der Waals surface area contributed by atoms with Gasteiger partial charge in [-0.25, -0.2) is 4.98 Å². The van der Waals surface area contributed by atoms with Crippen LogP contribution in [0.3, 0.4) is 0 Å². The summed E-state index contributed by atoms with van der Waals surface area (Å²) in [5.74, 6) is 1.80. The first-order valence-electron chi connectivity index (χ1n) is 10.3. The van der Waals surface area contributed by atoms with Crippen molar-refractivity contribution in [1.29, 1.82) is 0 Å². The number of amides is 1. The van der Waals surface area contributed by atoms with Crippen molar-refractivity contribution in [1.82, 2.24) is 14.9 Å². The van der Waals surface area contributed by atoms with Gasteiger partial charge in [0.25, 0.3) is 0 Å². The first-order chi connectivity index (χ1) is 14.5. The molecule has 0 saturated heterocycles. The summed E-state index contributed by atoms with van der Waals surface area (Å²) >= 11 is 5.90. The summed E-state index contributed by atoms with van der Waals surface area (Å²) in [5, 5.41) is 3.59. The van der Waals surface area contributed by atoms with E-state index in [0.717, 1.165) is 54.8 Å². The van der Waals surface area contributed by atoms with Gasteiger partial charge in [0.1, 0.15) is 11.6 Å². The molecule has 3 rings (SSSR count). The van der Waals surface area contributed by atoms with Gasteiger partial charge in [-0.1, -0.05) is 30.3 Å². The molecule has 158 valence electrons. The number of aromatic nitrogens is 2. The molecule has 1 amide bonds. The first-order valence-corrected chi connectivity index (χ1v) is 10.7. The van der Waals surface area contributed by atoms with Gasteiger partial charge >= 0.3 is 0 Å². The van der Waals surface area contributed by atoms with Crippen LogP contribution in [0.25, 0.3) is 11.0 Å². The Morgan fingerprint density at radius 3 is 2.67 bits per heavy atom. The van der Waals surface area contributed by atoms with E-state index in [1.807, 2.05) is 42.5 Å². The number of imidazole rings is 1. The Bertz CT molecular complexity index is 995. The van der Waals surface area contributed by atoms with Gasteiger partial charge in [-0.2, -0.15) is 0 Å². The number of halogens is 1. The normalized spacial score (nSPS) is 10.9. The third kappa shape index (κ3) is 6.10. The van der Waals surface area contributed by atoms with Crippen molar-refractivity contribution in [3.05, 3.63) is 71.5 Å². The number of rotatable bonds is 11. The minimum absolute atomic E-state index is 0.0933. The maximum atomic E-state index is 11.6. The van der Waals surface area contributed by atoms with E-state index in [9.17, 15) is 4.79 Å². The summed E-state index contributed by atoms with van der Waals surface area (Å²) in [7, 11) is 0. The van der Waals surface area contributed by atoms with Crippen LogP contribution in [0.1, 0.15) is 32.0 Å². The molecule has 0 unspecified atom stereocenters. The smallest absolute Gasteiger partial charge is 0.246 e. The Hall–Kier alpha value is -2.79. The molecular weight excluding hydrogens is 398 g/mol. The van der Waals surface area contributed by atoms with Crippen molar-refractivity contribution < 1.29 is 9.53 Å². The van der Waals surface area contributed by atoms with Gasteiger partial charge in [-0.15, -0.1) is 0 Å². The highest BCUT2D eigenvalue weighted by molar-refractivity contribution is 6.30. The van der Waals surface area contributed by atoms with E-state index < -0.39 is 0 Å². The van der Waals surface area contributed by atoms with Crippen molar-refractivity contribution >= 4 is 28.5 Å². The number of para-hydroxylation sites is 2. The average molecular weight is 426 g/mol. The Morgan fingerprint density at radius 1 is 1.13 bits per heavy atom. The van der Waals surface area contributed by atoms with Gasteiger partial charge in [0.05, 0.1) is 17.6 Å². The molecule has 6 heteroatoms. The zero-order valence-electron chi connectivity index (χ0n) is 17.4. The molecule has 0 bridgehead atoms. The molecule has 5 nitrogen and oxygen atoms in total. The number of ether oxygens (including phenoxy) is 1. The fraction of sp³-hybridized carbons (Fsp3) is 0.333. The number of carbonyl (C=O) groups is 1. The Morgan fingerprint density at radius 2 is 1.90 bits per heavy atom. The molecule has 0 saturated carbocycles. The number of carbonyl (C=O) groups excluding carboxylic acids is 1. The van der Waals surface area contributed by atoms with Crippen molar-refractivity contribution in [2.45, 2.75) is 39.2 Å². The second kappa shape index (κ2) is 10.8. The largest absolute Gasteiger partial charge is 0.494 e. The van der Waals surface area contributed by atoms with Crippen LogP contribution < -0.4 is 10.1 Å². The van der Waals surface area contributed by atoms with Crippen molar-refractivity contribution in [3.63, 3.8) is 0 Å². The van der Waals surface area contributed by atoms with E-state index in [1.54, 1.807) is 6.92 Å². The SMILES string of the molecule is C=C(C)C(=O)NCCCc1nc2ccccc2n1CCCCOc1ccc(Cl)cc1. The lowest BCUT2D eigenvalue weighted by Crippen LogP contribution is -2.25. The zero-order valence-corrected chi connectivity index (χ0v) is 18.1. The van der Waals surface area contributed by atoms with Crippen LogP contribution in [0.15, 0.2) is 60.7 Å². The summed E-state index contributed by atoms with van der Waals surface area (Å²) in [4.78, 5) is 16.4. The maximum Gasteiger partial charge on any atom is 0.246 e. The Balaban J connectivity index is 1.53. The van der Waals surface area contributed by atoms with Gasteiger partial charge < -0.3 is 14.6 Å². The molecular formula is C24H28ClN3O2. The minimum atomic E-state index is -0.0933. The number of nitrogens with one attached hydrogen (secondary N) is 1. The second-order valence-electron chi connectivity index (χ2n) is 7.32. The van der Waals surface area contributed by atoms with Gasteiger partial charge in [0, 0.05) is 30.1 Å². The number of hydrogen-bond acceptors (Lipinski definition) is 3. The van der Waals surface area contributed by atoms with Gasteiger partial charge in [-0.05, 0) is 62.6 Å². The Kier molecular flexibility index (Phi) is 7.91. The van der Waals surface area contributed by atoms with E-state index in [-0.39, 0.29) is 5.91 Å². The molecule has 0 spiro atoms. The lowest BCUT2D eigenvalue weighted by Gasteiger charge is -2.11. The molecule has 2 aromatic carbocycles. The van der Waals surface area contributed by atoms with Gasteiger partial charge in [0.15, 0.2) is 0 Å². The van der Waals surface area contributed by atoms with Crippen LogP contribution in [0, 0.1) is 0 Å². The van der Waals surface area contributed by atoms with Crippen LogP contribution in [0.2, 0.25) is 5.02 Å².